The minimum absolute atomic E-state index is 0.129. The van der Waals surface area contributed by atoms with Crippen LogP contribution in [0.25, 0.3) is 0 Å². The highest BCUT2D eigenvalue weighted by Gasteiger charge is 2.35. The molecule has 26 heavy (non-hydrogen) atoms. The van der Waals surface area contributed by atoms with E-state index in [1.165, 1.54) is 24.1 Å². The number of para-hydroxylation sites is 1. The summed E-state index contributed by atoms with van der Waals surface area (Å²) >= 11 is 0. The van der Waals surface area contributed by atoms with Crippen molar-refractivity contribution in [2.45, 2.75) is 18.5 Å². The van der Waals surface area contributed by atoms with E-state index in [0.29, 0.717) is 5.69 Å². The van der Waals surface area contributed by atoms with Gasteiger partial charge in [-0.1, -0.05) is 18.2 Å². The van der Waals surface area contributed by atoms with Crippen LogP contribution in [0.5, 0.6) is 0 Å². The van der Waals surface area contributed by atoms with E-state index in [1.54, 1.807) is 12.1 Å². The summed E-state index contributed by atoms with van der Waals surface area (Å²) in [5, 5.41) is 0. The largest absolute Gasteiger partial charge is 0.469 e. The summed E-state index contributed by atoms with van der Waals surface area (Å²) in [6.07, 6.45) is -4.32. The Kier molecular flexibility index (Phi) is 4.71. The maximum absolute atomic E-state index is 12.8. The van der Waals surface area contributed by atoms with Crippen molar-refractivity contribution in [1.29, 1.82) is 0 Å². The average Bonchev–Trinajstić information content (AvgIpc) is 2.99. The second-order valence-electron chi connectivity index (χ2n) is 6.03. The highest BCUT2D eigenvalue weighted by Crippen LogP contribution is 2.39. The fraction of sp³-hybridized carbons (Fsp3) is 0.263. The average molecular weight is 363 g/mol. The Hall–Kier alpha value is -2.83. The lowest BCUT2D eigenvalue weighted by Crippen LogP contribution is -2.30. The molecule has 1 unspecified atom stereocenters. The van der Waals surface area contributed by atoms with E-state index in [2.05, 4.69) is 0 Å². The lowest BCUT2D eigenvalue weighted by molar-refractivity contribution is -0.141. The molecule has 3 rings (SSSR count). The molecule has 0 N–H and O–H groups in total. The highest BCUT2D eigenvalue weighted by atomic mass is 19.4. The molecule has 2 aromatic rings. The number of carbonyl (C=O) groups excluding carboxylic acids is 2. The molecule has 0 radical (unpaired) electrons. The van der Waals surface area contributed by atoms with Crippen molar-refractivity contribution in [3.8, 4) is 0 Å². The van der Waals surface area contributed by atoms with E-state index in [9.17, 15) is 22.8 Å². The molecule has 4 nitrogen and oxygen atoms in total. The van der Waals surface area contributed by atoms with Crippen molar-refractivity contribution in [2.75, 3.05) is 18.6 Å². The van der Waals surface area contributed by atoms with E-state index in [1.807, 2.05) is 12.1 Å². The number of fused-ring (bicyclic) bond motifs is 1. The van der Waals surface area contributed by atoms with Crippen LogP contribution >= 0.6 is 0 Å². The molecule has 0 bridgehead atoms. The first-order valence-electron chi connectivity index (χ1n) is 7.96. The van der Waals surface area contributed by atoms with E-state index >= 15 is 0 Å². The van der Waals surface area contributed by atoms with E-state index in [0.717, 1.165) is 17.7 Å². The topological polar surface area (TPSA) is 46.6 Å². The zero-order valence-corrected chi connectivity index (χ0v) is 13.9. The number of hydrogen-bond donors (Lipinski definition) is 0. The van der Waals surface area contributed by atoms with Gasteiger partial charge in [0.05, 0.1) is 19.1 Å². The summed E-state index contributed by atoms with van der Waals surface area (Å²) in [7, 11) is 1.30. The van der Waals surface area contributed by atoms with Gasteiger partial charge in [0.1, 0.15) is 0 Å². The molecule has 2 aromatic carbocycles. The van der Waals surface area contributed by atoms with Gasteiger partial charge < -0.3 is 9.64 Å². The number of rotatable bonds is 3. The van der Waals surface area contributed by atoms with Crippen LogP contribution in [0.2, 0.25) is 0 Å². The Morgan fingerprint density at radius 2 is 1.77 bits per heavy atom. The number of esters is 1. The monoisotopic (exact) mass is 363 g/mol. The van der Waals surface area contributed by atoms with E-state index < -0.39 is 17.6 Å². The smallest absolute Gasteiger partial charge is 0.416 e. The first-order valence-corrected chi connectivity index (χ1v) is 7.96. The fourth-order valence-electron chi connectivity index (χ4n) is 3.10. The molecule has 1 atom stereocenters. The minimum Gasteiger partial charge on any atom is -0.469 e. The molecule has 1 amide bonds. The van der Waals surface area contributed by atoms with Crippen LogP contribution in [-0.2, 0) is 15.7 Å². The number of carbonyl (C=O) groups is 2. The molecular formula is C19H16F3NO3. The summed E-state index contributed by atoms with van der Waals surface area (Å²) in [5.74, 6) is -0.996. The van der Waals surface area contributed by atoms with Gasteiger partial charge in [-0.15, -0.1) is 0 Å². The molecule has 0 spiro atoms. The molecule has 1 aliphatic rings. The zero-order chi connectivity index (χ0) is 18.9. The van der Waals surface area contributed by atoms with Crippen molar-refractivity contribution in [2.24, 2.45) is 0 Å². The first kappa shape index (κ1) is 18.0. The Bertz CT molecular complexity index is 831. The van der Waals surface area contributed by atoms with Gasteiger partial charge in [-0.2, -0.15) is 13.2 Å². The number of ether oxygens (including phenoxy) is 1. The Balaban J connectivity index is 1.87. The molecule has 136 valence electrons. The molecule has 1 heterocycles. The minimum atomic E-state index is -4.45. The van der Waals surface area contributed by atoms with Crippen LogP contribution in [0, 0.1) is 0 Å². The van der Waals surface area contributed by atoms with E-state index in [-0.39, 0.29) is 30.4 Å². The van der Waals surface area contributed by atoms with Gasteiger partial charge >= 0.3 is 12.1 Å². The number of nitrogens with zero attached hydrogens (tertiary/aromatic N) is 1. The molecule has 7 heteroatoms. The van der Waals surface area contributed by atoms with Gasteiger partial charge in [0, 0.05) is 23.7 Å². The van der Waals surface area contributed by atoms with Crippen LogP contribution in [0.15, 0.2) is 48.5 Å². The maximum Gasteiger partial charge on any atom is 0.416 e. The lowest BCUT2D eigenvalue weighted by Gasteiger charge is -2.18. The molecule has 1 aliphatic heterocycles. The normalized spacial score (nSPS) is 16.3. The molecule has 0 aromatic heterocycles. The fourth-order valence-corrected chi connectivity index (χ4v) is 3.10. The lowest BCUT2D eigenvalue weighted by atomic mass is 9.98. The van der Waals surface area contributed by atoms with Crippen molar-refractivity contribution in [3.63, 3.8) is 0 Å². The molecular weight excluding hydrogens is 347 g/mol. The number of methoxy groups -OCH3 is 1. The van der Waals surface area contributed by atoms with Crippen LogP contribution in [-0.4, -0.2) is 25.5 Å². The Morgan fingerprint density at radius 3 is 2.38 bits per heavy atom. The number of benzene rings is 2. The van der Waals surface area contributed by atoms with Crippen molar-refractivity contribution < 1.29 is 27.5 Å². The molecule has 0 fully saturated rings. The highest BCUT2D eigenvalue weighted by molar-refractivity contribution is 6.07. The standard InChI is InChI=1S/C19H16F3NO3/c1-26-17(24)10-13-11-23(16-5-3-2-4-15(13)16)18(25)12-6-8-14(9-7-12)19(20,21)22/h2-9,13H,10-11H2,1H3. The van der Waals surface area contributed by atoms with Gasteiger partial charge in [0.15, 0.2) is 0 Å². The summed E-state index contributed by atoms with van der Waals surface area (Å²) in [4.78, 5) is 25.9. The third-order valence-corrected chi connectivity index (χ3v) is 4.42. The predicted octanol–water partition coefficient (Wildman–Crippen LogP) is 4.01. The Labute approximate surface area is 148 Å². The van der Waals surface area contributed by atoms with Crippen molar-refractivity contribution in [3.05, 3.63) is 65.2 Å². The van der Waals surface area contributed by atoms with Crippen LogP contribution in [0.3, 0.4) is 0 Å². The third-order valence-electron chi connectivity index (χ3n) is 4.42. The van der Waals surface area contributed by atoms with Crippen molar-refractivity contribution in [1.82, 2.24) is 0 Å². The number of halogens is 3. The predicted molar refractivity (Wildman–Crippen MR) is 88.9 cm³/mol. The number of anilines is 1. The number of amides is 1. The third kappa shape index (κ3) is 3.42. The van der Waals surface area contributed by atoms with Crippen LogP contribution < -0.4 is 4.90 Å². The quantitative estimate of drug-likeness (QED) is 0.774. The number of alkyl halides is 3. The second kappa shape index (κ2) is 6.82. The van der Waals surface area contributed by atoms with Gasteiger partial charge in [0.25, 0.3) is 5.91 Å². The van der Waals surface area contributed by atoms with Gasteiger partial charge in [-0.3, -0.25) is 9.59 Å². The second-order valence-corrected chi connectivity index (χ2v) is 6.03. The van der Waals surface area contributed by atoms with E-state index in [4.69, 9.17) is 4.74 Å². The van der Waals surface area contributed by atoms with Crippen molar-refractivity contribution >= 4 is 17.6 Å². The molecule has 0 aliphatic carbocycles. The molecule has 0 saturated heterocycles. The van der Waals surface area contributed by atoms with Gasteiger partial charge in [0.2, 0.25) is 0 Å². The number of hydrogen-bond acceptors (Lipinski definition) is 3. The zero-order valence-electron chi connectivity index (χ0n) is 13.9. The summed E-state index contributed by atoms with van der Waals surface area (Å²) < 4.78 is 42.8. The summed E-state index contributed by atoms with van der Waals surface area (Å²) in [6, 6.07) is 11.3. The summed E-state index contributed by atoms with van der Waals surface area (Å²) in [5.41, 5.74) is 0.857. The van der Waals surface area contributed by atoms with Gasteiger partial charge in [-0.05, 0) is 35.9 Å². The molecule has 0 saturated carbocycles. The van der Waals surface area contributed by atoms with Gasteiger partial charge in [-0.25, -0.2) is 0 Å². The Morgan fingerprint density at radius 1 is 1.12 bits per heavy atom. The van der Waals surface area contributed by atoms with Crippen LogP contribution in [0.1, 0.15) is 33.8 Å². The van der Waals surface area contributed by atoms with Crippen LogP contribution in [0.4, 0.5) is 18.9 Å². The maximum atomic E-state index is 12.8. The first-order chi connectivity index (χ1) is 12.3. The SMILES string of the molecule is COC(=O)CC1CN(C(=O)c2ccc(C(F)(F)F)cc2)c2ccccc21. The summed E-state index contributed by atoms with van der Waals surface area (Å²) in [6.45, 7) is 0.272.